The van der Waals surface area contributed by atoms with Crippen molar-refractivity contribution in [3.05, 3.63) is 102 Å². The first-order valence-electron chi connectivity index (χ1n) is 11.5. The zero-order chi connectivity index (χ0) is 23.5. The summed E-state index contributed by atoms with van der Waals surface area (Å²) in [6, 6.07) is 17.2. The summed E-state index contributed by atoms with van der Waals surface area (Å²) in [5, 5.41) is 0. The minimum Gasteiger partial charge on any atom is -0.298 e. The van der Waals surface area contributed by atoms with Crippen molar-refractivity contribution in [2.45, 2.75) is 32.2 Å². The lowest BCUT2D eigenvalue weighted by Gasteiger charge is -2.20. The van der Waals surface area contributed by atoms with Gasteiger partial charge in [0.05, 0.1) is 11.5 Å². The zero-order valence-electron chi connectivity index (χ0n) is 19.6. The van der Waals surface area contributed by atoms with Gasteiger partial charge in [-0.2, -0.15) is 8.42 Å². The molecule has 0 saturated carbocycles. The SMILES string of the molecule is Cc1ccc(S(=O)(=O)OCC2CN(Cc3ccccc3)CC2C2=CC=CC(C)(C)C=C2)cc1. The van der Waals surface area contributed by atoms with Crippen LogP contribution in [-0.4, -0.2) is 33.0 Å². The molecule has 1 heterocycles. The molecule has 1 fully saturated rings. The van der Waals surface area contributed by atoms with Gasteiger partial charge in [0, 0.05) is 36.9 Å². The van der Waals surface area contributed by atoms with E-state index in [1.54, 1.807) is 24.3 Å². The topological polar surface area (TPSA) is 46.6 Å². The molecule has 0 spiro atoms. The summed E-state index contributed by atoms with van der Waals surface area (Å²) in [7, 11) is -3.79. The third-order valence-corrected chi connectivity index (χ3v) is 7.76. The normalized spacial score (nSPS) is 22.8. The van der Waals surface area contributed by atoms with Crippen molar-refractivity contribution in [3.63, 3.8) is 0 Å². The second-order valence-corrected chi connectivity index (χ2v) is 11.4. The van der Waals surface area contributed by atoms with Crippen molar-refractivity contribution in [3.8, 4) is 0 Å². The molecule has 0 amide bonds. The molecule has 5 heteroatoms. The molecule has 0 bridgehead atoms. The van der Waals surface area contributed by atoms with Crippen molar-refractivity contribution in [1.82, 2.24) is 4.90 Å². The van der Waals surface area contributed by atoms with Crippen LogP contribution < -0.4 is 0 Å². The molecule has 2 aromatic rings. The second-order valence-electron chi connectivity index (χ2n) is 9.78. The van der Waals surface area contributed by atoms with Crippen LogP contribution in [0.3, 0.4) is 0 Å². The Bertz CT molecular complexity index is 1150. The van der Waals surface area contributed by atoms with Crippen LogP contribution in [0.15, 0.2) is 95.4 Å². The van der Waals surface area contributed by atoms with E-state index >= 15 is 0 Å². The maximum Gasteiger partial charge on any atom is 0.296 e. The van der Waals surface area contributed by atoms with Crippen LogP contribution in [0.1, 0.15) is 25.0 Å². The van der Waals surface area contributed by atoms with Crippen LogP contribution in [0.4, 0.5) is 0 Å². The molecule has 1 saturated heterocycles. The number of benzene rings is 2. The van der Waals surface area contributed by atoms with Gasteiger partial charge in [-0.15, -0.1) is 0 Å². The Morgan fingerprint density at radius 3 is 2.45 bits per heavy atom. The lowest BCUT2D eigenvalue weighted by Crippen LogP contribution is -2.23. The van der Waals surface area contributed by atoms with Gasteiger partial charge in [0.15, 0.2) is 0 Å². The lowest BCUT2D eigenvalue weighted by molar-refractivity contribution is 0.233. The first-order valence-corrected chi connectivity index (χ1v) is 12.9. The molecule has 4 rings (SSSR count). The maximum absolute atomic E-state index is 12.8. The lowest BCUT2D eigenvalue weighted by atomic mass is 9.87. The van der Waals surface area contributed by atoms with E-state index < -0.39 is 10.1 Å². The Kier molecular flexibility index (Phi) is 7.03. The van der Waals surface area contributed by atoms with Crippen molar-refractivity contribution in [2.24, 2.45) is 17.3 Å². The summed E-state index contributed by atoms with van der Waals surface area (Å²) < 4.78 is 31.2. The first-order chi connectivity index (χ1) is 15.7. The summed E-state index contributed by atoms with van der Waals surface area (Å²) in [4.78, 5) is 2.61. The fraction of sp³-hybridized carbons (Fsp3) is 0.357. The molecule has 1 aliphatic heterocycles. The van der Waals surface area contributed by atoms with Gasteiger partial charge in [0.2, 0.25) is 0 Å². The van der Waals surface area contributed by atoms with Crippen molar-refractivity contribution >= 4 is 10.1 Å². The van der Waals surface area contributed by atoms with E-state index in [0.717, 1.165) is 25.2 Å². The molecule has 2 atom stereocenters. The number of rotatable bonds is 7. The molecule has 4 nitrogen and oxygen atoms in total. The third-order valence-electron chi connectivity index (χ3n) is 6.46. The summed E-state index contributed by atoms with van der Waals surface area (Å²) in [5.74, 6) is 0.288. The van der Waals surface area contributed by atoms with E-state index in [2.05, 4.69) is 73.4 Å². The van der Waals surface area contributed by atoms with Crippen LogP contribution in [0.5, 0.6) is 0 Å². The molecule has 2 aromatic carbocycles. The minimum atomic E-state index is -3.79. The number of nitrogens with zero attached hydrogens (tertiary/aromatic N) is 1. The highest BCUT2D eigenvalue weighted by Crippen LogP contribution is 2.35. The molecular weight excluding hydrogens is 430 g/mol. The molecule has 1 aliphatic carbocycles. The number of aryl methyl sites for hydroxylation is 1. The monoisotopic (exact) mass is 463 g/mol. The van der Waals surface area contributed by atoms with E-state index in [1.165, 1.54) is 11.1 Å². The molecule has 2 aliphatic rings. The van der Waals surface area contributed by atoms with Gasteiger partial charge in [-0.25, -0.2) is 0 Å². The Balaban J connectivity index is 1.52. The number of hydrogen-bond donors (Lipinski definition) is 0. The van der Waals surface area contributed by atoms with Gasteiger partial charge >= 0.3 is 0 Å². The molecule has 174 valence electrons. The van der Waals surface area contributed by atoms with Gasteiger partial charge in [0.25, 0.3) is 10.1 Å². The fourth-order valence-electron chi connectivity index (χ4n) is 4.50. The standard InChI is InChI=1S/C28H33NO3S/c1-22-11-13-26(14-12-22)33(30,31)32-21-25-19-29(18-23-8-5-4-6-9-23)20-27(25)24-10-7-16-28(2,3)17-15-24/h4-17,25,27H,18-21H2,1-3H3. The Morgan fingerprint density at radius 2 is 1.73 bits per heavy atom. The van der Waals surface area contributed by atoms with Crippen molar-refractivity contribution < 1.29 is 12.6 Å². The fourth-order valence-corrected chi connectivity index (χ4v) is 5.46. The van der Waals surface area contributed by atoms with Crippen LogP contribution >= 0.6 is 0 Å². The number of hydrogen-bond acceptors (Lipinski definition) is 4. The summed E-state index contributed by atoms with van der Waals surface area (Å²) in [5.41, 5.74) is 3.51. The van der Waals surface area contributed by atoms with Crippen LogP contribution in [0.25, 0.3) is 0 Å². The van der Waals surface area contributed by atoms with Gasteiger partial charge < -0.3 is 0 Å². The third kappa shape index (κ3) is 6.11. The smallest absolute Gasteiger partial charge is 0.296 e. The molecule has 0 radical (unpaired) electrons. The number of allylic oxidation sites excluding steroid dienone is 5. The Morgan fingerprint density at radius 1 is 1.00 bits per heavy atom. The van der Waals surface area contributed by atoms with Crippen molar-refractivity contribution in [1.29, 1.82) is 0 Å². The minimum absolute atomic E-state index is 0.00135. The zero-order valence-corrected chi connectivity index (χ0v) is 20.5. The van der Waals surface area contributed by atoms with E-state index in [-0.39, 0.29) is 28.8 Å². The highest BCUT2D eigenvalue weighted by atomic mass is 32.2. The van der Waals surface area contributed by atoms with Gasteiger partial charge in [-0.3, -0.25) is 9.08 Å². The van der Waals surface area contributed by atoms with Crippen LogP contribution in [0.2, 0.25) is 0 Å². The van der Waals surface area contributed by atoms with Gasteiger partial charge in [0.1, 0.15) is 0 Å². The van der Waals surface area contributed by atoms with Crippen molar-refractivity contribution in [2.75, 3.05) is 19.7 Å². The van der Waals surface area contributed by atoms with E-state index in [1.807, 2.05) is 13.0 Å². The largest absolute Gasteiger partial charge is 0.298 e. The maximum atomic E-state index is 12.8. The van der Waals surface area contributed by atoms with E-state index in [0.29, 0.717) is 0 Å². The average molecular weight is 464 g/mol. The van der Waals surface area contributed by atoms with E-state index in [4.69, 9.17) is 4.18 Å². The van der Waals surface area contributed by atoms with Crippen LogP contribution in [0, 0.1) is 24.2 Å². The van der Waals surface area contributed by atoms with Crippen LogP contribution in [-0.2, 0) is 20.8 Å². The highest BCUT2D eigenvalue weighted by Gasteiger charge is 2.36. The van der Waals surface area contributed by atoms with Gasteiger partial charge in [-0.05, 0) is 30.2 Å². The number of likely N-dealkylation sites (tertiary alicyclic amines) is 1. The quantitative estimate of drug-likeness (QED) is 0.507. The molecule has 0 aromatic heterocycles. The first kappa shape index (κ1) is 23.7. The molecular formula is C28H33NO3S. The molecule has 33 heavy (non-hydrogen) atoms. The second kappa shape index (κ2) is 9.80. The highest BCUT2D eigenvalue weighted by molar-refractivity contribution is 7.86. The predicted molar refractivity (Wildman–Crippen MR) is 133 cm³/mol. The Labute approximate surface area is 198 Å². The molecule has 2 unspecified atom stereocenters. The Hall–Kier alpha value is -2.47. The predicted octanol–water partition coefficient (Wildman–Crippen LogP) is 5.53. The summed E-state index contributed by atoms with van der Waals surface area (Å²) >= 11 is 0. The molecule has 0 N–H and O–H groups in total. The van der Waals surface area contributed by atoms with E-state index in [9.17, 15) is 8.42 Å². The summed E-state index contributed by atoms with van der Waals surface area (Å²) in [6.45, 7) is 8.98. The van der Waals surface area contributed by atoms with Gasteiger partial charge in [-0.1, -0.05) is 92.3 Å². The summed E-state index contributed by atoms with van der Waals surface area (Å²) in [6.07, 6.45) is 10.9. The average Bonchev–Trinajstić information content (AvgIpc) is 3.08.